The third-order valence-electron chi connectivity index (χ3n) is 2.81. The van der Waals surface area contributed by atoms with Crippen LogP contribution >= 0.6 is 0 Å². The van der Waals surface area contributed by atoms with Gasteiger partial charge in [-0.2, -0.15) is 10.2 Å². The van der Waals surface area contributed by atoms with Gasteiger partial charge in [-0.3, -0.25) is 0 Å². The first-order valence-corrected chi connectivity index (χ1v) is 6.98. The van der Waals surface area contributed by atoms with E-state index in [4.69, 9.17) is 15.7 Å². The molecule has 2 N–H and O–H groups in total. The average Bonchev–Trinajstić information content (AvgIpc) is 2.38. The summed E-state index contributed by atoms with van der Waals surface area (Å²) in [6, 6.07) is 6.10. The Morgan fingerprint density at radius 1 is 1.35 bits per heavy atom. The number of nitriles is 1. The van der Waals surface area contributed by atoms with Gasteiger partial charge in [-0.25, -0.2) is 0 Å². The molecule has 0 fully saturated rings. The van der Waals surface area contributed by atoms with Crippen LogP contribution in [-0.2, 0) is 0 Å². The third kappa shape index (κ3) is 4.61. The fourth-order valence-corrected chi connectivity index (χ4v) is 1.77. The van der Waals surface area contributed by atoms with E-state index in [9.17, 15) is 0 Å². The first kappa shape index (κ1) is 16.1. The first-order valence-electron chi connectivity index (χ1n) is 6.98. The summed E-state index contributed by atoms with van der Waals surface area (Å²) in [5.74, 6) is 1.68. The van der Waals surface area contributed by atoms with Crippen molar-refractivity contribution in [2.45, 2.75) is 40.2 Å². The Kier molecular flexibility index (Phi) is 6.10. The van der Waals surface area contributed by atoms with Crippen LogP contribution in [0.5, 0.6) is 5.88 Å². The molecule has 0 aliphatic heterocycles. The molecule has 1 aromatic rings. The smallest absolute Gasteiger partial charge is 0.239 e. The minimum absolute atomic E-state index is 0.262. The fourth-order valence-electron chi connectivity index (χ4n) is 1.77. The number of rotatable bonds is 7. The number of aromatic nitrogens is 1. The maximum atomic E-state index is 8.75. The molecule has 0 radical (unpaired) electrons. The third-order valence-corrected chi connectivity index (χ3v) is 2.81. The van der Waals surface area contributed by atoms with Crippen LogP contribution in [0.1, 0.15) is 34.1 Å². The molecule has 5 heteroatoms. The van der Waals surface area contributed by atoms with Crippen LogP contribution in [-0.4, -0.2) is 24.2 Å². The summed E-state index contributed by atoms with van der Waals surface area (Å²) < 4.78 is 5.65. The molecular weight excluding hydrogens is 252 g/mol. The second kappa shape index (κ2) is 7.59. The fraction of sp³-hybridized carbons (Fsp3) is 0.600. The minimum Gasteiger partial charge on any atom is -0.476 e. The Balaban J connectivity index is 2.93. The van der Waals surface area contributed by atoms with Crippen LogP contribution in [0.3, 0.4) is 0 Å². The molecule has 0 unspecified atom stereocenters. The molecule has 0 amide bonds. The average molecular weight is 276 g/mol. The van der Waals surface area contributed by atoms with Crippen LogP contribution in [0.25, 0.3) is 0 Å². The van der Waals surface area contributed by atoms with Gasteiger partial charge in [-0.1, -0.05) is 13.8 Å². The Morgan fingerprint density at radius 2 is 2.05 bits per heavy atom. The lowest BCUT2D eigenvalue weighted by atomic mass is 10.2. The predicted molar refractivity (Wildman–Crippen MR) is 81.7 cm³/mol. The van der Waals surface area contributed by atoms with Gasteiger partial charge in [0.15, 0.2) is 0 Å². The summed E-state index contributed by atoms with van der Waals surface area (Å²) in [5, 5.41) is 8.75. The molecule has 0 aliphatic rings. The largest absolute Gasteiger partial charge is 0.476 e. The highest BCUT2D eigenvalue weighted by atomic mass is 16.5. The molecule has 0 bridgehead atoms. The van der Waals surface area contributed by atoms with E-state index < -0.39 is 0 Å². The number of hydrogen-bond donors (Lipinski definition) is 1. The van der Waals surface area contributed by atoms with Crippen LogP contribution in [0.15, 0.2) is 12.1 Å². The number of hydrogen-bond acceptors (Lipinski definition) is 5. The lowest BCUT2D eigenvalue weighted by Gasteiger charge is -2.27. The number of anilines is 2. The van der Waals surface area contributed by atoms with E-state index >= 15 is 0 Å². The summed E-state index contributed by atoms with van der Waals surface area (Å²) in [5.41, 5.74) is 6.43. The van der Waals surface area contributed by atoms with E-state index in [1.54, 1.807) is 6.07 Å². The molecule has 1 rings (SSSR count). The van der Waals surface area contributed by atoms with Gasteiger partial charge in [-0.15, -0.1) is 0 Å². The maximum absolute atomic E-state index is 8.75. The number of nitrogens with two attached hydrogens (primary N) is 1. The Hall–Kier alpha value is -1.96. The number of nitrogen functional groups attached to an aromatic ring is 1. The molecule has 20 heavy (non-hydrogen) atoms. The number of pyridine rings is 1. The van der Waals surface area contributed by atoms with Gasteiger partial charge in [0.25, 0.3) is 0 Å². The summed E-state index contributed by atoms with van der Waals surface area (Å²) in [7, 11) is 0. The molecule has 110 valence electrons. The molecule has 0 saturated carbocycles. The minimum atomic E-state index is 0.262. The van der Waals surface area contributed by atoms with Gasteiger partial charge in [0.05, 0.1) is 24.8 Å². The zero-order chi connectivity index (χ0) is 15.1. The molecule has 0 atom stereocenters. The van der Waals surface area contributed by atoms with Crippen LogP contribution in [0.4, 0.5) is 11.5 Å². The normalized spacial score (nSPS) is 10.7. The lowest BCUT2D eigenvalue weighted by molar-refractivity contribution is 0.263. The molecule has 0 aliphatic carbocycles. The Labute approximate surface area is 121 Å². The van der Waals surface area contributed by atoms with Gasteiger partial charge in [0.2, 0.25) is 5.88 Å². The van der Waals surface area contributed by atoms with E-state index in [0.717, 1.165) is 5.82 Å². The van der Waals surface area contributed by atoms with E-state index in [1.165, 1.54) is 0 Å². The number of ether oxygens (including phenoxy) is 1. The highest BCUT2D eigenvalue weighted by molar-refractivity contribution is 5.54. The van der Waals surface area contributed by atoms with Crippen molar-refractivity contribution >= 4 is 11.5 Å². The van der Waals surface area contributed by atoms with Gasteiger partial charge in [0.1, 0.15) is 5.82 Å². The van der Waals surface area contributed by atoms with E-state index in [0.29, 0.717) is 37.1 Å². The van der Waals surface area contributed by atoms with Crippen LogP contribution in [0.2, 0.25) is 0 Å². The van der Waals surface area contributed by atoms with Crippen molar-refractivity contribution < 1.29 is 4.74 Å². The van der Waals surface area contributed by atoms with E-state index in [-0.39, 0.29) is 6.04 Å². The molecular formula is C15H24N4O. The van der Waals surface area contributed by atoms with Crippen molar-refractivity contribution in [1.82, 2.24) is 4.98 Å². The topological polar surface area (TPSA) is 75.2 Å². The van der Waals surface area contributed by atoms with Gasteiger partial charge < -0.3 is 15.4 Å². The highest BCUT2D eigenvalue weighted by Crippen LogP contribution is 2.24. The quantitative estimate of drug-likeness (QED) is 0.828. The lowest BCUT2D eigenvalue weighted by Crippen LogP contribution is -2.32. The van der Waals surface area contributed by atoms with Crippen LogP contribution in [0, 0.1) is 17.2 Å². The van der Waals surface area contributed by atoms with Crippen molar-refractivity contribution in [2.75, 3.05) is 23.8 Å². The molecule has 0 spiro atoms. The second-order valence-corrected chi connectivity index (χ2v) is 5.46. The van der Waals surface area contributed by atoms with E-state index in [2.05, 4.69) is 43.6 Å². The van der Waals surface area contributed by atoms with Crippen molar-refractivity contribution in [1.29, 1.82) is 5.26 Å². The first-order chi connectivity index (χ1) is 9.45. The van der Waals surface area contributed by atoms with Crippen molar-refractivity contribution in [3.8, 4) is 11.9 Å². The maximum Gasteiger partial charge on any atom is 0.239 e. The zero-order valence-corrected chi connectivity index (χ0v) is 12.8. The Morgan fingerprint density at radius 3 is 2.60 bits per heavy atom. The molecule has 0 saturated heterocycles. The summed E-state index contributed by atoms with van der Waals surface area (Å²) in [6.07, 6.45) is 0.465. The van der Waals surface area contributed by atoms with Crippen molar-refractivity contribution in [3.05, 3.63) is 12.1 Å². The number of nitrogens with zero attached hydrogens (tertiary/aromatic N) is 3. The molecule has 1 aromatic heterocycles. The second-order valence-electron chi connectivity index (χ2n) is 5.46. The summed E-state index contributed by atoms with van der Waals surface area (Å²) in [6.45, 7) is 9.53. The van der Waals surface area contributed by atoms with E-state index in [1.807, 2.05) is 6.07 Å². The molecule has 5 nitrogen and oxygen atoms in total. The standard InChI is InChI=1S/C15H24N4O/c1-11(2)10-20-15-13(17)6-7-14(18-15)19(12(3)4)9-5-8-16/h6-7,11-12H,5,9-10,17H2,1-4H3. The van der Waals surface area contributed by atoms with Gasteiger partial charge >= 0.3 is 0 Å². The predicted octanol–water partition coefficient (Wildman–Crippen LogP) is 2.83. The summed E-state index contributed by atoms with van der Waals surface area (Å²) in [4.78, 5) is 6.56. The molecule has 1 heterocycles. The van der Waals surface area contributed by atoms with Gasteiger partial charge in [0, 0.05) is 12.6 Å². The van der Waals surface area contributed by atoms with Crippen molar-refractivity contribution in [2.24, 2.45) is 5.92 Å². The zero-order valence-electron chi connectivity index (χ0n) is 12.8. The SMILES string of the molecule is CC(C)COc1nc(N(CCC#N)C(C)C)ccc1N. The monoisotopic (exact) mass is 276 g/mol. The highest BCUT2D eigenvalue weighted by Gasteiger charge is 2.14. The van der Waals surface area contributed by atoms with Crippen molar-refractivity contribution in [3.63, 3.8) is 0 Å². The van der Waals surface area contributed by atoms with Crippen LogP contribution < -0.4 is 15.4 Å². The van der Waals surface area contributed by atoms with Gasteiger partial charge in [-0.05, 0) is 31.9 Å². The Bertz CT molecular complexity index is 465. The summed E-state index contributed by atoms with van der Waals surface area (Å²) >= 11 is 0. The molecule has 0 aromatic carbocycles.